The molecule has 2 N–H and O–H groups in total. The molecule has 0 radical (unpaired) electrons. The lowest BCUT2D eigenvalue weighted by atomic mass is 10.1. The molecule has 0 spiro atoms. The van der Waals surface area contributed by atoms with E-state index in [-0.39, 0.29) is 5.56 Å². The zero-order valence-corrected chi connectivity index (χ0v) is 15.8. The highest BCUT2D eigenvalue weighted by Crippen LogP contribution is 2.22. The average molecular weight is 364 g/mol. The van der Waals surface area contributed by atoms with E-state index < -0.39 is 0 Å². The number of benzene rings is 2. The van der Waals surface area contributed by atoms with Gasteiger partial charge < -0.3 is 15.0 Å². The lowest BCUT2D eigenvalue weighted by molar-refractivity contribution is 0.415. The summed E-state index contributed by atoms with van der Waals surface area (Å²) in [5.74, 6) is 1.17. The highest BCUT2D eigenvalue weighted by atomic mass is 16.5. The number of aromatic amines is 1. The normalized spacial score (nSPS) is 10.5. The fourth-order valence-electron chi connectivity index (χ4n) is 2.91. The second-order valence-electron chi connectivity index (χ2n) is 6.05. The van der Waals surface area contributed by atoms with Crippen LogP contribution in [0.3, 0.4) is 0 Å². The first kappa shape index (κ1) is 18.5. The van der Waals surface area contributed by atoms with Crippen molar-refractivity contribution in [2.24, 2.45) is 0 Å². The Balaban J connectivity index is 1.83. The molecule has 0 fully saturated rings. The number of hydrogen-bond donors (Lipinski definition) is 2. The molecule has 1 heterocycles. The number of anilines is 3. The molecule has 6 heteroatoms. The maximum Gasteiger partial charge on any atom is 0.252 e. The second-order valence-corrected chi connectivity index (χ2v) is 6.05. The Hall–Kier alpha value is -3.28. The van der Waals surface area contributed by atoms with E-state index >= 15 is 0 Å². The fourth-order valence-corrected chi connectivity index (χ4v) is 2.91. The molecule has 1 aromatic heterocycles. The van der Waals surface area contributed by atoms with Crippen LogP contribution in [0.15, 0.2) is 59.4 Å². The zero-order chi connectivity index (χ0) is 19.2. The van der Waals surface area contributed by atoms with E-state index in [0.29, 0.717) is 11.6 Å². The van der Waals surface area contributed by atoms with Gasteiger partial charge in [-0.3, -0.25) is 9.78 Å². The molecular formula is C21H24N4O2. The first-order valence-corrected chi connectivity index (χ1v) is 9.00. The smallest absolute Gasteiger partial charge is 0.252 e. The molecule has 140 valence electrons. The number of aromatic nitrogens is 2. The Morgan fingerprint density at radius 3 is 2.30 bits per heavy atom. The number of rotatable bonds is 7. The summed E-state index contributed by atoms with van der Waals surface area (Å²) in [5, 5.41) is 3.17. The van der Waals surface area contributed by atoms with E-state index in [2.05, 4.69) is 46.2 Å². The summed E-state index contributed by atoms with van der Waals surface area (Å²) in [6.45, 7) is 6.19. The van der Waals surface area contributed by atoms with Crippen molar-refractivity contribution in [3.8, 4) is 17.0 Å². The third-order valence-corrected chi connectivity index (χ3v) is 4.39. The average Bonchev–Trinajstić information content (AvgIpc) is 2.70. The predicted octanol–water partition coefficient (Wildman–Crippen LogP) is 4.04. The molecule has 0 atom stereocenters. The molecule has 6 nitrogen and oxygen atoms in total. The zero-order valence-electron chi connectivity index (χ0n) is 15.8. The number of methoxy groups -OCH3 is 1. The fraction of sp³-hybridized carbons (Fsp3) is 0.238. The van der Waals surface area contributed by atoms with Gasteiger partial charge in [0.05, 0.1) is 12.8 Å². The SMILES string of the molecule is CCN(CC)c1ccc(Nc2nc(-c3ccc(OC)cc3)cc(=O)[nH]2)cc1. The van der Waals surface area contributed by atoms with Crippen LogP contribution in [0.5, 0.6) is 5.75 Å². The van der Waals surface area contributed by atoms with Crippen molar-refractivity contribution in [3.05, 3.63) is 65.0 Å². The first-order chi connectivity index (χ1) is 13.1. The lowest BCUT2D eigenvalue weighted by Gasteiger charge is -2.21. The summed E-state index contributed by atoms with van der Waals surface area (Å²) in [7, 11) is 1.62. The second kappa shape index (κ2) is 8.40. The van der Waals surface area contributed by atoms with Crippen molar-refractivity contribution in [3.63, 3.8) is 0 Å². The van der Waals surface area contributed by atoms with Gasteiger partial charge in [0, 0.05) is 36.1 Å². The number of H-pyrrole nitrogens is 1. The Morgan fingerprint density at radius 2 is 1.70 bits per heavy atom. The number of hydrogen-bond acceptors (Lipinski definition) is 5. The summed E-state index contributed by atoms with van der Waals surface area (Å²) in [6, 6.07) is 17.0. The van der Waals surface area contributed by atoms with Gasteiger partial charge in [-0.1, -0.05) is 0 Å². The standard InChI is InChI=1S/C21H24N4O2/c1-4-25(5-2)17-10-8-16(9-11-17)22-21-23-19(14-20(26)24-21)15-6-12-18(27-3)13-7-15/h6-14H,4-5H2,1-3H3,(H2,22,23,24,26). The van der Waals surface area contributed by atoms with Gasteiger partial charge in [0.1, 0.15) is 5.75 Å². The van der Waals surface area contributed by atoms with Crippen LogP contribution in [0.4, 0.5) is 17.3 Å². The third kappa shape index (κ3) is 4.47. The van der Waals surface area contributed by atoms with Gasteiger partial charge >= 0.3 is 0 Å². The third-order valence-electron chi connectivity index (χ3n) is 4.39. The molecular weight excluding hydrogens is 340 g/mol. The van der Waals surface area contributed by atoms with Gasteiger partial charge in [0.15, 0.2) is 0 Å². The monoisotopic (exact) mass is 364 g/mol. The van der Waals surface area contributed by atoms with Crippen LogP contribution in [0.1, 0.15) is 13.8 Å². The highest BCUT2D eigenvalue weighted by molar-refractivity contribution is 5.63. The van der Waals surface area contributed by atoms with Crippen molar-refractivity contribution in [2.45, 2.75) is 13.8 Å². The molecule has 0 bridgehead atoms. The Kier molecular flexibility index (Phi) is 5.76. The molecule has 0 unspecified atom stereocenters. The van der Waals surface area contributed by atoms with E-state index in [0.717, 1.165) is 30.1 Å². The minimum absolute atomic E-state index is 0.210. The van der Waals surface area contributed by atoms with E-state index in [1.807, 2.05) is 36.4 Å². The number of ether oxygens (including phenoxy) is 1. The van der Waals surface area contributed by atoms with Gasteiger partial charge in [-0.05, 0) is 62.4 Å². The summed E-state index contributed by atoms with van der Waals surface area (Å²) in [5.41, 5.74) is 3.27. The molecule has 3 rings (SSSR count). The van der Waals surface area contributed by atoms with Crippen LogP contribution in [0.25, 0.3) is 11.3 Å². The van der Waals surface area contributed by atoms with Crippen molar-refractivity contribution >= 4 is 17.3 Å². The van der Waals surface area contributed by atoms with E-state index in [1.54, 1.807) is 7.11 Å². The van der Waals surface area contributed by atoms with Gasteiger partial charge in [0.25, 0.3) is 5.56 Å². The van der Waals surface area contributed by atoms with E-state index in [4.69, 9.17) is 4.74 Å². The van der Waals surface area contributed by atoms with Crippen molar-refractivity contribution in [1.82, 2.24) is 9.97 Å². The minimum Gasteiger partial charge on any atom is -0.497 e. The van der Waals surface area contributed by atoms with Crippen LogP contribution >= 0.6 is 0 Å². The molecule has 27 heavy (non-hydrogen) atoms. The molecule has 0 saturated carbocycles. The quantitative estimate of drug-likeness (QED) is 0.662. The first-order valence-electron chi connectivity index (χ1n) is 9.00. The molecule has 2 aromatic carbocycles. The summed E-state index contributed by atoms with van der Waals surface area (Å²) in [4.78, 5) is 21.6. The lowest BCUT2D eigenvalue weighted by Crippen LogP contribution is -2.21. The predicted molar refractivity (Wildman–Crippen MR) is 110 cm³/mol. The van der Waals surface area contributed by atoms with E-state index in [9.17, 15) is 4.79 Å². The minimum atomic E-state index is -0.210. The summed E-state index contributed by atoms with van der Waals surface area (Å²) in [6.07, 6.45) is 0. The molecule has 0 aliphatic heterocycles. The van der Waals surface area contributed by atoms with Gasteiger partial charge in [-0.15, -0.1) is 0 Å². The summed E-state index contributed by atoms with van der Waals surface area (Å²) < 4.78 is 5.17. The Morgan fingerprint density at radius 1 is 1.04 bits per heavy atom. The molecule has 0 aliphatic rings. The van der Waals surface area contributed by atoms with Crippen molar-refractivity contribution < 1.29 is 4.74 Å². The van der Waals surface area contributed by atoms with Crippen molar-refractivity contribution in [2.75, 3.05) is 30.4 Å². The number of nitrogens with zero attached hydrogens (tertiary/aromatic N) is 2. The van der Waals surface area contributed by atoms with Crippen molar-refractivity contribution in [1.29, 1.82) is 0 Å². The molecule has 3 aromatic rings. The topological polar surface area (TPSA) is 70.2 Å². The molecule has 0 aliphatic carbocycles. The van der Waals surface area contributed by atoms with Gasteiger partial charge in [-0.2, -0.15) is 0 Å². The van der Waals surface area contributed by atoms with Crippen LogP contribution in [-0.2, 0) is 0 Å². The largest absolute Gasteiger partial charge is 0.497 e. The van der Waals surface area contributed by atoms with Gasteiger partial charge in [0.2, 0.25) is 5.95 Å². The van der Waals surface area contributed by atoms with Crippen LogP contribution in [0.2, 0.25) is 0 Å². The summed E-state index contributed by atoms with van der Waals surface area (Å²) >= 11 is 0. The number of nitrogens with one attached hydrogen (secondary N) is 2. The molecule has 0 amide bonds. The highest BCUT2D eigenvalue weighted by Gasteiger charge is 2.06. The molecule has 0 saturated heterocycles. The Labute approximate surface area is 158 Å². The van der Waals surface area contributed by atoms with Crippen LogP contribution in [0, 0.1) is 0 Å². The Bertz CT molecular complexity index is 930. The van der Waals surface area contributed by atoms with Crippen LogP contribution in [-0.4, -0.2) is 30.2 Å². The maximum absolute atomic E-state index is 12.1. The van der Waals surface area contributed by atoms with E-state index in [1.165, 1.54) is 11.8 Å². The maximum atomic E-state index is 12.1. The van der Waals surface area contributed by atoms with Crippen LogP contribution < -0.4 is 20.5 Å². The van der Waals surface area contributed by atoms with Gasteiger partial charge in [-0.25, -0.2) is 4.98 Å².